The quantitative estimate of drug-likeness (QED) is 0.380. The van der Waals surface area contributed by atoms with Crippen molar-refractivity contribution in [3.8, 4) is 5.75 Å². The standard InChI is InChI=1S/C17H12F3NO2/c18-16(19)17(20)23-14-8-1-11(2-9-14)3-10-15(22)12-4-6-13(21)7-5-12/h1-10H,21H2. The highest BCUT2D eigenvalue weighted by Gasteiger charge is 2.07. The maximum Gasteiger partial charge on any atom is 0.344 e. The van der Waals surface area contributed by atoms with Gasteiger partial charge in [-0.3, -0.25) is 4.79 Å². The molecule has 0 unspecified atom stereocenters. The minimum absolute atomic E-state index is 0.0719. The van der Waals surface area contributed by atoms with Crippen LogP contribution in [0.5, 0.6) is 5.75 Å². The average Bonchev–Trinajstić information content (AvgIpc) is 2.54. The van der Waals surface area contributed by atoms with E-state index in [0.717, 1.165) is 0 Å². The first-order valence-electron chi connectivity index (χ1n) is 6.52. The zero-order valence-electron chi connectivity index (χ0n) is 11.8. The fourth-order valence-electron chi connectivity index (χ4n) is 1.70. The Morgan fingerprint density at radius 3 is 2.13 bits per heavy atom. The summed E-state index contributed by atoms with van der Waals surface area (Å²) in [4.78, 5) is 11.9. The minimum atomic E-state index is -2.52. The molecular weight excluding hydrogens is 307 g/mol. The van der Waals surface area contributed by atoms with E-state index in [1.54, 1.807) is 30.3 Å². The number of hydrogen-bond donors (Lipinski definition) is 1. The third kappa shape index (κ3) is 4.74. The van der Waals surface area contributed by atoms with Gasteiger partial charge in [-0.15, -0.1) is 0 Å². The number of rotatable bonds is 5. The summed E-state index contributed by atoms with van der Waals surface area (Å²) in [5.41, 5.74) is 7.22. The molecule has 2 rings (SSSR count). The Hall–Kier alpha value is -3.02. The van der Waals surface area contributed by atoms with Crippen molar-refractivity contribution in [2.75, 3.05) is 5.73 Å². The molecule has 0 saturated heterocycles. The van der Waals surface area contributed by atoms with E-state index >= 15 is 0 Å². The van der Waals surface area contributed by atoms with Crippen LogP contribution in [0.15, 0.2) is 66.7 Å². The van der Waals surface area contributed by atoms with E-state index in [1.165, 1.54) is 30.3 Å². The second-order valence-electron chi connectivity index (χ2n) is 4.52. The van der Waals surface area contributed by atoms with E-state index in [1.807, 2.05) is 0 Å². The Balaban J connectivity index is 2.04. The zero-order chi connectivity index (χ0) is 16.8. The number of benzene rings is 2. The number of anilines is 1. The van der Waals surface area contributed by atoms with Crippen LogP contribution < -0.4 is 10.5 Å². The summed E-state index contributed by atoms with van der Waals surface area (Å²) >= 11 is 0. The topological polar surface area (TPSA) is 52.3 Å². The van der Waals surface area contributed by atoms with Crippen molar-refractivity contribution in [2.24, 2.45) is 0 Å². The Kier molecular flexibility index (Phi) is 5.19. The van der Waals surface area contributed by atoms with Crippen molar-refractivity contribution in [3.63, 3.8) is 0 Å². The van der Waals surface area contributed by atoms with E-state index < -0.39 is 12.1 Å². The van der Waals surface area contributed by atoms with Gasteiger partial charge in [-0.2, -0.15) is 13.2 Å². The first kappa shape index (κ1) is 16.4. The molecule has 0 spiro atoms. The molecule has 6 heteroatoms. The van der Waals surface area contributed by atoms with Crippen LogP contribution in [0.25, 0.3) is 6.08 Å². The fourth-order valence-corrected chi connectivity index (χ4v) is 1.70. The van der Waals surface area contributed by atoms with Crippen LogP contribution in [0.1, 0.15) is 15.9 Å². The summed E-state index contributed by atoms with van der Waals surface area (Å²) in [5.74, 6) is -0.281. The third-order valence-electron chi connectivity index (χ3n) is 2.86. The van der Waals surface area contributed by atoms with Gasteiger partial charge >= 0.3 is 12.1 Å². The number of ether oxygens (including phenoxy) is 1. The summed E-state index contributed by atoms with van der Waals surface area (Å²) in [5, 5.41) is 0. The number of nitrogens with two attached hydrogens (primary N) is 1. The van der Waals surface area contributed by atoms with Crippen molar-refractivity contribution in [2.45, 2.75) is 0 Å². The van der Waals surface area contributed by atoms with Gasteiger partial charge in [0.1, 0.15) is 5.75 Å². The Morgan fingerprint density at radius 1 is 0.957 bits per heavy atom. The molecule has 0 amide bonds. The van der Waals surface area contributed by atoms with E-state index in [-0.39, 0.29) is 11.5 Å². The first-order valence-corrected chi connectivity index (χ1v) is 6.52. The molecule has 2 aromatic carbocycles. The molecule has 0 aliphatic heterocycles. The monoisotopic (exact) mass is 319 g/mol. The number of halogens is 3. The van der Waals surface area contributed by atoms with Crippen molar-refractivity contribution in [1.29, 1.82) is 0 Å². The number of ketones is 1. The van der Waals surface area contributed by atoms with E-state index in [4.69, 9.17) is 5.73 Å². The summed E-state index contributed by atoms with van der Waals surface area (Å²) in [6.45, 7) is 0. The van der Waals surface area contributed by atoms with Crippen molar-refractivity contribution in [1.82, 2.24) is 0 Å². The summed E-state index contributed by atoms with van der Waals surface area (Å²) < 4.78 is 40.7. The molecule has 0 aliphatic carbocycles. The van der Waals surface area contributed by atoms with Crippen LogP contribution in [0, 0.1) is 0 Å². The lowest BCUT2D eigenvalue weighted by molar-refractivity contribution is 0.104. The molecule has 0 radical (unpaired) electrons. The normalized spacial score (nSPS) is 10.6. The lowest BCUT2D eigenvalue weighted by Gasteiger charge is -2.02. The average molecular weight is 319 g/mol. The summed E-state index contributed by atoms with van der Waals surface area (Å²) in [7, 11) is 0. The van der Waals surface area contributed by atoms with Gasteiger partial charge in [0.15, 0.2) is 5.78 Å². The maximum absolute atomic E-state index is 12.6. The van der Waals surface area contributed by atoms with Crippen molar-refractivity contribution in [3.05, 3.63) is 77.8 Å². The molecule has 3 nitrogen and oxygen atoms in total. The maximum atomic E-state index is 12.6. The van der Waals surface area contributed by atoms with Gasteiger partial charge in [0.25, 0.3) is 0 Å². The molecule has 0 aliphatic rings. The minimum Gasteiger partial charge on any atom is -0.428 e. The molecule has 0 atom stereocenters. The zero-order valence-corrected chi connectivity index (χ0v) is 11.8. The fraction of sp³-hybridized carbons (Fsp3) is 0. The lowest BCUT2D eigenvalue weighted by Crippen LogP contribution is -1.94. The highest BCUT2D eigenvalue weighted by Crippen LogP contribution is 2.19. The van der Waals surface area contributed by atoms with E-state index in [0.29, 0.717) is 16.8 Å². The van der Waals surface area contributed by atoms with Crippen LogP contribution in [0.2, 0.25) is 0 Å². The van der Waals surface area contributed by atoms with Gasteiger partial charge in [0.2, 0.25) is 0 Å². The second kappa shape index (κ2) is 7.31. The van der Waals surface area contributed by atoms with Crippen LogP contribution in [-0.4, -0.2) is 5.78 Å². The molecule has 23 heavy (non-hydrogen) atoms. The molecule has 118 valence electrons. The molecule has 0 fully saturated rings. The van der Waals surface area contributed by atoms with Crippen LogP contribution >= 0.6 is 0 Å². The molecule has 0 aromatic heterocycles. The molecule has 0 saturated carbocycles. The number of nitrogen functional groups attached to an aromatic ring is 1. The molecule has 0 bridgehead atoms. The number of hydrogen-bond acceptors (Lipinski definition) is 3. The summed E-state index contributed by atoms with van der Waals surface area (Å²) in [6, 6.07) is 10.2. The SMILES string of the molecule is Nc1ccc(C(=O)C=Cc2ccc(OC(F)=C(F)F)cc2)cc1. The Morgan fingerprint density at radius 2 is 1.57 bits per heavy atom. The second-order valence-corrected chi connectivity index (χ2v) is 4.52. The lowest BCUT2D eigenvalue weighted by atomic mass is 10.1. The van der Waals surface area contributed by atoms with Gasteiger partial charge < -0.3 is 10.5 Å². The Labute approximate surface area is 130 Å². The largest absolute Gasteiger partial charge is 0.428 e. The highest BCUT2D eigenvalue weighted by atomic mass is 19.3. The molecule has 0 heterocycles. The van der Waals surface area contributed by atoms with Crippen molar-refractivity contribution < 1.29 is 22.7 Å². The third-order valence-corrected chi connectivity index (χ3v) is 2.86. The van der Waals surface area contributed by atoms with Crippen LogP contribution in [-0.2, 0) is 0 Å². The first-order chi connectivity index (χ1) is 11.0. The van der Waals surface area contributed by atoms with E-state index in [2.05, 4.69) is 4.74 Å². The molecule has 2 N–H and O–H groups in total. The van der Waals surface area contributed by atoms with Gasteiger partial charge in [0.05, 0.1) is 0 Å². The number of carbonyl (C=O) groups is 1. The van der Waals surface area contributed by atoms with Gasteiger partial charge in [-0.25, -0.2) is 0 Å². The number of allylic oxidation sites excluding steroid dienone is 1. The summed E-state index contributed by atoms with van der Waals surface area (Å²) in [6.07, 6.45) is 0.385. The number of carbonyl (C=O) groups excluding carboxylic acids is 1. The van der Waals surface area contributed by atoms with Crippen LogP contribution in [0.4, 0.5) is 18.9 Å². The van der Waals surface area contributed by atoms with Crippen molar-refractivity contribution >= 4 is 17.5 Å². The predicted molar refractivity (Wildman–Crippen MR) is 81.6 cm³/mol. The van der Waals surface area contributed by atoms with Gasteiger partial charge in [-0.05, 0) is 48.0 Å². The Bertz CT molecular complexity index is 746. The predicted octanol–water partition coefficient (Wildman–Crippen LogP) is 4.58. The molecular formula is C17H12F3NO2. The smallest absolute Gasteiger partial charge is 0.344 e. The highest BCUT2D eigenvalue weighted by molar-refractivity contribution is 6.06. The molecule has 2 aromatic rings. The van der Waals surface area contributed by atoms with Crippen LogP contribution in [0.3, 0.4) is 0 Å². The van der Waals surface area contributed by atoms with Gasteiger partial charge in [-0.1, -0.05) is 18.2 Å². The van der Waals surface area contributed by atoms with E-state index in [9.17, 15) is 18.0 Å². The van der Waals surface area contributed by atoms with Gasteiger partial charge in [0, 0.05) is 11.3 Å².